The molecule has 1 heterocycles. The van der Waals surface area contributed by atoms with E-state index >= 15 is 0 Å². The molecule has 0 aliphatic carbocycles. The number of hydrogen-bond donors (Lipinski definition) is 1. The molecule has 0 unspecified atom stereocenters. The Morgan fingerprint density at radius 3 is 2.94 bits per heavy atom. The van der Waals surface area contributed by atoms with Gasteiger partial charge in [-0.05, 0) is 24.6 Å². The maximum absolute atomic E-state index is 13.2. The van der Waals surface area contributed by atoms with Gasteiger partial charge in [-0.1, -0.05) is 0 Å². The Morgan fingerprint density at radius 2 is 2.35 bits per heavy atom. The first kappa shape index (κ1) is 11.9. The maximum Gasteiger partial charge on any atom is 0.257 e. The number of carbonyl (C=O) groups is 1. The van der Waals surface area contributed by atoms with Crippen LogP contribution in [0.1, 0.15) is 16.8 Å². The average molecular weight is 238 g/mol. The van der Waals surface area contributed by atoms with Crippen molar-refractivity contribution in [3.05, 3.63) is 29.6 Å². The van der Waals surface area contributed by atoms with Gasteiger partial charge in [0, 0.05) is 19.1 Å². The number of nitrogens with two attached hydrogens (primary N) is 1. The summed E-state index contributed by atoms with van der Waals surface area (Å²) in [6, 6.07) is 3.94. The standard InChI is InChI=1S/C12H15FN2O2/c1-17-11-3-2-8(13)6-10(11)12(16)15-5-4-9(14)7-15/h2-3,6,9H,4-5,7,14H2,1H3/t9-/m0/s1. The van der Waals surface area contributed by atoms with Crippen LogP contribution in [0.4, 0.5) is 4.39 Å². The number of hydrogen-bond acceptors (Lipinski definition) is 3. The SMILES string of the molecule is COc1ccc(F)cc1C(=O)N1CC[C@H](N)C1. The molecule has 1 saturated heterocycles. The van der Waals surface area contributed by atoms with Gasteiger partial charge in [-0.25, -0.2) is 4.39 Å². The number of halogens is 1. The van der Waals surface area contributed by atoms with Crippen LogP contribution in [-0.2, 0) is 0 Å². The number of likely N-dealkylation sites (tertiary alicyclic amines) is 1. The smallest absolute Gasteiger partial charge is 0.257 e. The molecule has 1 aromatic carbocycles. The van der Waals surface area contributed by atoms with Crippen LogP contribution >= 0.6 is 0 Å². The van der Waals surface area contributed by atoms with E-state index in [4.69, 9.17) is 10.5 Å². The average Bonchev–Trinajstić information content (AvgIpc) is 2.75. The fraction of sp³-hybridized carbons (Fsp3) is 0.417. The second kappa shape index (κ2) is 4.71. The molecule has 4 nitrogen and oxygen atoms in total. The first-order valence-electron chi connectivity index (χ1n) is 5.50. The molecule has 0 saturated carbocycles. The predicted molar refractivity (Wildman–Crippen MR) is 61.4 cm³/mol. The van der Waals surface area contributed by atoms with Gasteiger partial charge in [-0.15, -0.1) is 0 Å². The van der Waals surface area contributed by atoms with E-state index in [1.54, 1.807) is 4.90 Å². The number of carbonyl (C=O) groups excluding carboxylic acids is 1. The number of benzene rings is 1. The topological polar surface area (TPSA) is 55.6 Å². The zero-order valence-electron chi connectivity index (χ0n) is 9.65. The van der Waals surface area contributed by atoms with Crippen LogP contribution in [0.5, 0.6) is 5.75 Å². The van der Waals surface area contributed by atoms with Crippen LogP contribution in [0.2, 0.25) is 0 Å². The molecule has 92 valence electrons. The van der Waals surface area contributed by atoms with E-state index in [1.165, 1.54) is 25.3 Å². The Bertz CT molecular complexity index is 437. The Hall–Kier alpha value is -1.62. The van der Waals surface area contributed by atoms with Gasteiger partial charge < -0.3 is 15.4 Å². The van der Waals surface area contributed by atoms with E-state index in [2.05, 4.69) is 0 Å². The summed E-state index contributed by atoms with van der Waals surface area (Å²) in [7, 11) is 1.46. The zero-order chi connectivity index (χ0) is 12.4. The van der Waals surface area contributed by atoms with Crippen molar-refractivity contribution in [1.82, 2.24) is 4.90 Å². The lowest BCUT2D eigenvalue weighted by Gasteiger charge is -2.17. The molecule has 1 aromatic rings. The summed E-state index contributed by atoms with van der Waals surface area (Å²) >= 11 is 0. The highest BCUT2D eigenvalue weighted by atomic mass is 19.1. The van der Waals surface area contributed by atoms with Gasteiger partial charge in [-0.3, -0.25) is 4.79 Å². The van der Waals surface area contributed by atoms with E-state index in [1.807, 2.05) is 0 Å². The molecule has 1 amide bonds. The minimum Gasteiger partial charge on any atom is -0.496 e. The highest BCUT2D eigenvalue weighted by molar-refractivity contribution is 5.97. The van der Waals surface area contributed by atoms with Crippen molar-refractivity contribution in [2.24, 2.45) is 5.73 Å². The summed E-state index contributed by atoms with van der Waals surface area (Å²) in [6.07, 6.45) is 0.781. The first-order valence-corrected chi connectivity index (χ1v) is 5.50. The van der Waals surface area contributed by atoms with Gasteiger partial charge in [0.1, 0.15) is 11.6 Å². The quantitative estimate of drug-likeness (QED) is 0.836. The van der Waals surface area contributed by atoms with Gasteiger partial charge in [-0.2, -0.15) is 0 Å². The predicted octanol–water partition coefficient (Wildman–Crippen LogP) is 1.01. The highest BCUT2D eigenvalue weighted by Crippen LogP contribution is 2.22. The fourth-order valence-corrected chi connectivity index (χ4v) is 1.99. The summed E-state index contributed by atoms with van der Waals surface area (Å²) in [6.45, 7) is 1.12. The van der Waals surface area contributed by atoms with Gasteiger partial charge in [0.15, 0.2) is 0 Å². The Balaban J connectivity index is 2.26. The van der Waals surface area contributed by atoms with Crippen molar-refractivity contribution in [2.45, 2.75) is 12.5 Å². The molecule has 1 atom stereocenters. The van der Waals surface area contributed by atoms with Crippen LogP contribution in [0.25, 0.3) is 0 Å². The lowest BCUT2D eigenvalue weighted by molar-refractivity contribution is 0.0787. The third-order valence-corrected chi connectivity index (χ3v) is 2.90. The molecule has 0 radical (unpaired) electrons. The molecular weight excluding hydrogens is 223 g/mol. The van der Waals surface area contributed by atoms with Crippen LogP contribution < -0.4 is 10.5 Å². The molecular formula is C12H15FN2O2. The van der Waals surface area contributed by atoms with Crippen LogP contribution in [0, 0.1) is 5.82 Å². The molecule has 1 aliphatic heterocycles. The van der Waals surface area contributed by atoms with Gasteiger partial charge in [0.05, 0.1) is 12.7 Å². The first-order chi connectivity index (χ1) is 8.11. The number of amides is 1. The van der Waals surface area contributed by atoms with E-state index in [0.29, 0.717) is 18.8 Å². The minimum absolute atomic E-state index is 0.0125. The number of nitrogens with zero attached hydrogens (tertiary/aromatic N) is 1. The molecule has 5 heteroatoms. The van der Waals surface area contributed by atoms with Crippen molar-refractivity contribution in [2.75, 3.05) is 20.2 Å². The summed E-state index contributed by atoms with van der Waals surface area (Å²) in [5.74, 6) is -0.288. The Morgan fingerprint density at radius 1 is 1.59 bits per heavy atom. The normalized spacial score (nSPS) is 19.5. The van der Waals surface area contributed by atoms with E-state index in [0.717, 1.165) is 6.42 Å². The molecule has 1 aliphatic rings. The summed E-state index contributed by atoms with van der Waals surface area (Å²) in [5, 5.41) is 0. The van der Waals surface area contributed by atoms with Gasteiger partial charge >= 0.3 is 0 Å². The van der Waals surface area contributed by atoms with E-state index in [9.17, 15) is 9.18 Å². The minimum atomic E-state index is -0.447. The third kappa shape index (κ3) is 2.39. The van der Waals surface area contributed by atoms with E-state index < -0.39 is 5.82 Å². The second-order valence-corrected chi connectivity index (χ2v) is 4.14. The highest BCUT2D eigenvalue weighted by Gasteiger charge is 2.26. The molecule has 1 fully saturated rings. The summed E-state index contributed by atoms with van der Waals surface area (Å²) < 4.78 is 18.2. The monoisotopic (exact) mass is 238 g/mol. The number of rotatable bonds is 2. The molecule has 0 spiro atoms. The zero-order valence-corrected chi connectivity index (χ0v) is 9.65. The molecule has 2 rings (SSSR count). The fourth-order valence-electron chi connectivity index (χ4n) is 1.99. The number of methoxy groups -OCH3 is 1. The Labute approximate surface area is 99.2 Å². The molecule has 17 heavy (non-hydrogen) atoms. The molecule has 2 N–H and O–H groups in total. The molecule has 0 aromatic heterocycles. The van der Waals surface area contributed by atoms with Gasteiger partial charge in [0.2, 0.25) is 0 Å². The third-order valence-electron chi connectivity index (χ3n) is 2.90. The van der Waals surface area contributed by atoms with Gasteiger partial charge in [0.25, 0.3) is 5.91 Å². The van der Waals surface area contributed by atoms with Crippen molar-refractivity contribution < 1.29 is 13.9 Å². The Kier molecular flexibility index (Phi) is 3.28. The van der Waals surface area contributed by atoms with E-state index in [-0.39, 0.29) is 17.5 Å². The number of ether oxygens (including phenoxy) is 1. The van der Waals surface area contributed by atoms with Crippen molar-refractivity contribution in [3.8, 4) is 5.75 Å². The lowest BCUT2D eigenvalue weighted by atomic mass is 10.1. The van der Waals surface area contributed by atoms with Crippen LogP contribution in [0.15, 0.2) is 18.2 Å². The lowest BCUT2D eigenvalue weighted by Crippen LogP contribution is -2.32. The second-order valence-electron chi connectivity index (χ2n) is 4.14. The summed E-state index contributed by atoms with van der Waals surface area (Å²) in [5.41, 5.74) is 5.99. The van der Waals surface area contributed by atoms with Crippen molar-refractivity contribution >= 4 is 5.91 Å². The largest absolute Gasteiger partial charge is 0.496 e. The van der Waals surface area contributed by atoms with Crippen LogP contribution in [-0.4, -0.2) is 37.0 Å². The maximum atomic E-state index is 13.2. The van der Waals surface area contributed by atoms with Crippen LogP contribution in [0.3, 0.4) is 0 Å². The van der Waals surface area contributed by atoms with Crippen molar-refractivity contribution in [3.63, 3.8) is 0 Å². The summed E-state index contributed by atoms with van der Waals surface area (Å²) in [4.78, 5) is 13.8. The molecule has 0 bridgehead atoms. The van der Waals surface area contributed by atoms with Crippen molar-refractivity contribution in [1.29, 1.82) is 0 Å².